The van der Waals surface area contributed by atoms with Crippen molar-refractivity contribution < 1.29 is 0 Å². The van der Waals surface area contributed by atoms with Gasteiger partial charge in [-0.05, 0) is 18.1 Å². The summed E-state index contributed by atoms with van der Waals surface area (Å²) in [4.78, 5) is 4.92. The predicted octanol–water partition coefficient (Wildman–Crippen LogP) is 2.70. The summed E-state index contributed by atoms with van der Waals surface area (Å²) in [5.74, 6) is 0. The predicted molar refractivity (Wildman–Crippen MR) is 91.5 cm³/mol. The highest BCUT2D eigenvalue weighted by atomic mass is 15.3. The number of hydrogen-bond acceptors (Lipinski definition) is 3. The van der Waals surface area contributed by atoms with Crippen molar-refractivity contribution >= 4 is 0 Å². The Balaban J connectivity index is 1.84. The summed E-state index contributed by atoms with van der Waals surface area (Å²) in [5.41, 5.74) is 8.75. The molecule has 1 unspecified atom stereocenters. The third kappa shape index (κ3) is 3.38. The Morgan fingerprint density at radius 1 is 0.727 bits per heavy atom. The van der Waals surface area contributed by atoms with Crippen LogP contribution in [0.3, 0.4) is 0 Å². The first-order valence-corrected chi connectivity index (χ1v) is 8.09. The van der Waals surface area contributed by atoms with E-state index in [2.05, 4.69) is 77.4 Å². The van der Waals surface area contributed by atoms with Crippen molar-refractivity contribution in [3.05, 3.63) is 71.8 Å². The highest BCUT2D eigenvalue weighted by Gasteiger charge is 2.26. The molecule has 0 amide bonds. The van der Waals surface area contributed by atoms with Gasteiger partial charge >= 0.3 is 0 Å². The average molecular weight is 295 g/mol. The van der Waals surface area contributed by atoms with Gasteiger partial charge in [0.2, 0.25) is 0 Å². The molecule has 3 heteroatoms. The monoisotopic (exact) mass is 295 g/mol. The number of nitrogens with zero attached hydrogens (tertiary/aromatic N) is 2. The Hall–Kier alpha value is -1.68. The van der Waals surface area contributed by atoms with E-state index in [1.54, 1.807) is 0 Å². The molecule has 1 aliphatic heterocycles. The van der Waals surface area contributed by atoms with Crippen molar-refractivity contribution in [3.63, 3.8) is 0 Å². The molecule has 0 bridgehead atoms. The molecule has 1 saturated heterocycles. The number of rotatable bonds is 4. The molecule has 1 atom stereocenters. The van der Waals surface area contributed by atoms with Crippen LogP contribution in [0.5, 0.6) is 0 Å². The van der Waals surface area contributed by atoms with Crippen LogP contribution in [0, 0.1) is 0 Å². The molecule has 3 nitrogen and oxygen atoms in total. The first kappa shape index (κ1) is 15.2. The van der Waals surface area contributed by atoms with Gasteiger partial charge in [0.05, 0.1) is 12.2 Å². The van der Waals surface area contributed by atoms with E-state index in [0.717, 1.165) is 26.2 Å². The normalized spacial score (nSPS) is 18.5. The maximum atomic E-state index is 6.02. The minimum absolute atomic E-state index is 0.147. The summed E-state index contributed by atoms with van der Waals surface area (Å²) in [6.45, 7) is 6.25. The fraction of sp³-hybridized carbons (Fsp3) is 0.368. The van der Waals surface area contributed by atoms with Crippen molar-refractivity contribution in [1.29, 1.82) is 0 Å². The van der Waals surface area contributed by atoms with Gasteiger partial charge in [-0.25, -0.2) is 0 Å². The molecular weight excluding hydrogens is 270 g/mol. The second kappa shape index (κ2) is 7.05. The summed E-state index contributed by atoms with van der Waals surface area (Å²) in [6, 6.07) is 21.9. The van der Waals surface area contributed by atoms with Gasteiger partial charge < -0.3 is 5.73 Å². The summed E-state index contributed by atoms with van der Waals surface area (Å²) < 4.78 is 0. The lowest BCUT2D eigenvalue weighted by Crippen LogP contribution is -2.52. The quantitative estimate of drug-likeness (QED) is 0.941. The third-order valence-corrected chi connectivity index (χ3v) is 4.52. The SMILES string of the molecule is CC(N)N1CCN(C(c2ccccc2)c2ccccc2)CC1. The Morgan fingerprint density at radius 3 is 1.55 bits per heavy atom. The van der Waals surface area contributed by atoms with Gasteiger partial charge in [-0.1, -0.05) is 60.7 Å². The van der Waals surface area contributed by atoms with Crippen molar-refractivity contribution in [1.82, 2.24) is 9.80 Å². The second-order valence-corrected chi connectivity index (χ2v) is 6.04. The summed E-state index contributed by atoms with van der Waals surface area (Å²) >= 11 is 0. The molecule has 1 fully saturated rings. The molecule has 0 aromatic heterocycles. The second-order valence-electron chi connectivity index (χ2n) is 6.04. The molecule has 0 aliphatic carbocycles. The smallest absolute Gasteiger partial charge is 0.0602 e. The lowest BCUT2D eigenvalue weighted by atomic mass is 9.96. The van der Waals surface area contributed by atoms with Crippen LogP contribution in [0.25, 0.3) is 0 Å². The maximum Gasteiger partial charge on any atom is 0.0602 e. The average Bonchev–Trinajstić information content (AvgIpc) is 2.57. The largest absolute Gasteiger partial charge is 0.316 e. The Morgan fingerprint density at radius 2 is 1.14 bits per heavy atom. The lowest BCUT2D eigenvalue weighted by Gasteiger charge is -2.41. The van der Waals surface area contributed by atoms with Gasteiger partial charge in [-0.15, -0.1) is 0 Å². The van der Waals surface area contributed by atoms with Crippen LogP contribution >= 0.6 is 0 Å². The number of nitrogens with two attached hydrogens (primary N) is 1. The van der Waals surface area contributed by atoms with Gasteiger partial charge in [0, 0.05) is 26.2 Å². The summed E-state index contributed by atoms with van der Waals surface area (Å²) in [7, 11) is 0. The van der Waals surface area contributed by atoms with Gasteiger partial charge in [0.1, 0.15) is 0 Å². The molecule has 2 aromatic rings. The lowest BCUT2D eigenvalue weighted by molar-refractivity contribution is 0.0859. The van der Waals surface area contributed by atoms with Crippen molar-refractivity contribution in [2.24, 2.45) is 5.73 Å². The van der Waals surface area contributed by atoms with Gasteiger partial charge in [-0.2, -0.15) is 0 Å². The molecule has 1 aliphatic rings. The van der Waals surface area contributed by atoms with E-state index in [-0.39, 0.29) is 6.17 Å². The first-order chi connectivity index (χ1) is 10.8. The summed E-state index contributed by atoms with van der Waals surface area (Å²) in [5, 5.41) is 0. The van der Waals surface area contributed by atoms with E-state index in [4.69, 9.17) is 5.73 Å². The van der Waals surface area contributed by atoms with E-state index in [0.29, 0.717) is 6.04 Å². The van der Waals surface area contributed by atoms with E-state index >= 15 is 0 Å². The zero-order valence-electron chi connectivity index (χ0n) is 13.2. The van der Waals surface area contributed by atoms with Crippen molar-refractivity contribution in [2.45, 2.75) is 19.1 Å². The van der Waals surface area contributed by atoms with Crippen LogP contribution in [-0.2, 0) is 0 Å². The molecule has 2 aromatic carbocycles. The molecular formula is C19H25N3. The minimum Gasteiger partial charge on any atom is -0.316 e. The zero-order valence-corrected chi connectivity index (χ0v) is 13.2. The van der Waals surface area contributed by atoms with Gasteiger partial charge in [-0.3, -0.25) is 9.80 Å². The van der Waals surface area contributed by atoms with Crippen LogP contribution in [0.1, 0.15) is 24.1 Å². The van der Waals surface area contributed by atoms with Crippen molar-refractivity contribution in [3.8, 4) is 0 Å². The fourth-order valence-corrected chi connectivity index (χ4v) is 3.29. The molecule has 116 valence electrons. The third-order valence-electron chi connectivity index (χ3n) is 4.52. The Bertz CT molecular complexity index is 520. The van der Waals surface area contributed by atoms with E-state index < -0.39 is 0 Å². The highest BCUT2D eigenvalue weighted by molar-refractivity contribution is 5.31. The van der Waals surface area contributed by atoms with E-state index in [1.165, 1.54) is 11.1 Å². The zero-order chi connectivity index (χ0) is 15.4. The van der Waals surface area contributed by atoms with E-state index in [9.17, 15) is 0 Å². The highest BCUT2D eigenvalue weighted by Crippen LogP contribution is 2.29. The number of benzene rings is 2. The van der Waals surface area contributed by atoms with Crippen LogP contribution in [0.2, 0.25) is 0 Å². The molecule has 0 spiro atoms. The standard InChI is InChI=1S/C19H25N3/c1-16(20)21-12-14-22(15-13-21)19(17-8-4-2-5-9-17)18-10-6-3-7-11-18/h2-11,16,19H,12-15,20H2,1H3. The van der Waals surface area contributed by atoms with E-state index in [1.807, 2.05) is 0 Å². The molecule has 22 heavy (non-hydrogen) atoms. The minimum atomic E-state index is 0.147. The molecule has 3 rings (SSSR count). The van der Waals surface area contributed by atoms with Crippen LogP contribution in [-0.4, -0.2) is 42.1 Å². The molecule has 2 N–H and O–H groups in total. The molecule has 0 radical (unpaired) electrons. The summed E-state index contributed by atoms with van der Waals surface area (Å²) in [6.07, 6.45) is 0.147. The van der Waals surface area contributed by atoms with Crippen molar-refractivity contribution in [2.75, 3.05) is 26.2 Å². The number of piperazine rings is 1. The maximum absolute atomic E-state index is 6.02. The van der Waals surface area contributed by atoms with Gasteiger partial charge in [0.25, 0.3) is 0 Å². The van der Waals surface area contributed by atoms with Crippen LogP contribution in [0.4, 0.5) is 0 Å². The van der Waals surface area contributed by atoms with Crippen LogP contribution in [0.15, 0.2) is 60.7 Å². The topological polar surface area (TPSA) is 32.5 Å². The Kier molecular flexibility index (Phi) is 4.88. The van der Waals surface area contributed by atoms with Crippen LogP contribution < -0.4 is 5.73 Å². The fourth-order valence-electron chi connectivity index (χ4n) is 3.29. The number of hydrogen-bond donors (Lipinski definition) is 1. The van der Waals surface area contributed by atoms with Gasteiger partial charge in [0.15, 0.2) is 0 Å². The molecule has 1 heterocycles. The first-order valence-electron chi connectivity index (χ1n) is 8.09. The Labute approximate surface area is 133 Å². The molecule has 0 saturated carbocycles.